The molecule has 0 spiro atoms. The molecule has 2 amide bonds. The van der Waals surface area contributed by atoms with Crippen molar-refractivity contribution in [2.75, 3.05) is 11.9 Å². The van der Waals surface area contributed by atoms with Crippen LogP contribution in [-0.4, -0.2) is 27.6 Å². The lowest BCUT2D eigenvalue weighted by Crippen LogP contribution is -2.36. The van der Waals surface area contributed by atoms with Crippen molar-refractivity contribution < 1.29 is 9.59 Å². The molecule has 1 heterocycles. The molecule has 0 unspecified atom stereocenters. The fraction of sp³-hybridized carbons (Fsp3) is 0.174. The fourth-order valence-electron chi connectivity index (χ4n) is 2.86. The van der Waals surface area contributed by atoms with Gasteiger partial charge in [-0.2, -0.15) is 0 Å². The molecule has 1 fully saturated rings. The van der Waals surface area contributed by atoms with Gasteiger partial charge in [0.1, 0.15) is 10.9 Å². The number of hydrogen-bond donors (Lipinski definition) is 1. The van der Waals surface area contributed by atoms with E-state index in [-0.39, 0.29) is 18.4 Å². The summed E-state index contributed by atoms with van der Waals surface area (Å²) >= 11 is 6.55. The second-order valence-electron chi connectivity index (χ2n) is 6.91. The molecule has 4 nitrogen and oxygen atoms in total. The summed E-state index contributed by atoms with van der Waals surface area (Å²) in [5.74, 6) is -0.515. The number of allylic oxidation sites excluding steroid dienone is 2. The maximum atomic E-state index is 12.7. The van der Waals surface area contributed by atoms with E-state index in [1.54, 1.807) is 0 Å². The first-order chi connectivity index (χ1) is 13.8. The highest BCUT2D eigenvalue weighted by atomic mass is 32.2. The summed E-state index contributed by atoms with van der Waals surface area (Å²) in [5.41, 5.74) is 4.96. The summed E-state index contributed by atoms with van der Waals surface area (Å²) in [4.78, 5) is 27.0. The predicted octanol–water partition coefficient (Wildman–Crippen LogP) is 5.09. The minimum absolute atomic E-state index is 0.101. The van der Waals surface area contributed by atoms with E-state index in [0.717, 1.165) is 22.3 Å². The number of rotatable bonds is 5. The third-order valence-electron chi connectivity index (χ3n) is 4.52. The standard InChI is InChI=1S/C23H22N2O2S2/c1-15(11-18-7-5-4-6-8-18)12-20-22(27)25(23(28)29-20)14-21(26)24-19-10-9-16(2)17(3)13-19/h4-13H,14H2,1-3H3,(H,24,26)/b15-11+,20-12+. The Balaban J connectivity index is 1.67. The Hall–Kier alpha value is -2.70. The van der Waals surface area contributed by atoms with Gasteiger partial charge >= 0.3 is 0 Å². The van der Waals surface area contributed by atoms with Crippen LogP contribution >= 0.6 is 24.0 Å². The van der Waals surface area contributed by atoms with Crippen LogP contribution in [0.25, 0.3) is 6.08 Å². The lowest BCUT2D eigenvalue weighted by Gasteiger charge is -2.14. The van der Waals surface area contributed by atoms with Crippen molar-refractivity contribution in [1.29, 1.82) is 0 Å². The van der Waals surface area contributed by atoms with Crippen LogP contribution in [0.4, 0.5) is 5.69 Å². The predicted molar refractivity (Wildman–Crippen MR) is 125 cm³/mol. The SMILES string of the molecule is CC(=C\c1ccccc1)/C=C1/SC(=S)N(CC(=O)Nc2ccc(C)c(C)c2)C1=O. The first kappa shape index (κ1) is 21.0. The van der Waals surface area contributed by atoms with Crippen LogP contribution in [0, 0.1) is 13.8 Å². The number of nitrogens with zero attached hydrogens (tertiary/aromatic N) is 1. The smallest absolute Gasteiger partial charge is 0.266 e. The van der Waals surface area contributed by atoms with Crippen LogP contribution in [0.15, 0.2) is 65.1 Å². The van der Waals surface area contributed by atoms with Crippen molar-refractivity contribution in [2.24, 2.45) is 0 Å². The number of anilines is 1. The zero-order valence-electron chi connectivity index (χ0n) is 16.6. The summed E-state index contributed by atoms with van der Waals surface area (Å²) in [7, 11) is 0. The van der Waals surface area contributed by atoms with Gasteiger partial charge in [0.15, 0.2) is 0 Å². The largest absolute Gasteiger partial charge is 0.325 e. The van der Waals surface area contributed by atoms with Gasteiger partial charge in [0.25, 0.3) is 5.91 Å². The molecule has 0 radical (unpaired) electrons. The minimum Gasteiger partial charge on any atom is -0.325 e. The van der Waals surface area contributed by atoms with E-state index in [9.17, 15) is 9.59 Å². The summed E-state index contributed by atoms with van der Waals surface area (Å²) < 4.78 is 0.393. The first-order valence-corrected chi connectivity index (χ1v) is 10.4. The molecule has 0 aromatic heterocycles. The topological polar surface area (TPSA) is 49.4 Å². The average Bonchev–Trinajstić information content (AvgIpc) is 2.93. The Kier molecular flexibility index (Phi) is 6.67. The van der Waals surface area contributed by atoms with Crippen LogP contribution in [0.3, 0.4) is 0 Å². The highest BCUT2D eigenvalue weighted by molar-refractivity contribution is 8.26. The maximum absolute atomic E-state index is 12.7. The Labute approximate surface area is 180 Å². The van der Waals surface area contributed by atoms with E-state index in [1.807, 2.05) is 81.5 Å². The average molecular weight is 423 g/mol. The highest BCUT2D eigenvalue weighted by Gasteiger charge is 2.33. The second-order valence-corrected chi connectivity index (χ2v) is 8.59. The molecule has 0 atom stereocenters. The number of thioether (sulfide) groups is 1. The fourth-order valence-corrected chi connectivity index (χ4v) is 4.17. The van der Waals surface area contributed by atoms with Gasteiger partial charge in [-0.05, 0) is 61.2 Å². The van der Waals surface area contributed by atoms with Gasteiger partial charge in [0, 0.05) is 5.69 Å². The molecule has 2 aromatic rings. The zero-order valence-corrected chi connectivity index (χ0v) is 18.2. The van der Waals surface area contributed by atoms with E-state index >= 15 is 0 Å². The normalized spacial score (nSPS) is 15.9. The molecule has 6 heteroatoms. The number of aryl methyl sites for hydroxylation is 2. The molecule has 0 aliphatic carbocycles. The maximum Gasteiger partial charge on any atom is 0.266 e. The van der Waals surface area contributed by atoms with Crippen molar-refractivity contribution in [2.45, 2.75) is 20.8 Å². The third-order valence-corrected chi connectivity index (χ3v) is 5.90. The molecule has 1 N–H and O–H groups in total. The molecule has 1 aliphatic heterocycles. The summed E-state index contributed by atoms with van der Waals surface area (Å²) in [6.45, 7) is 5.84. The van der Waals surface area contributed by atoms with E-state index in [0.29, 0.717) is 14.9 Å². The Bertz CT molecular complexity index is 1030. The van der Waals surface area contributed by atoms with E-state index < -0.39 is 0 Å². The van der Waals surface area contributed by atoms with Crippen molar-refractivity contribution in [3.8, 4) is 0 Å². The number of amides is 2. The van der Waals surface area contributed by atoms with Gasteiger partial charge in [-0.25, -0.2) is 0 Å². The molecule has 148 valence electrons. The van der Waals surface area contributed by atoms with Crippen LogP contribution in [0.5, 0.6) is 0 Å². The minimum atomic E-state index is -0.276. The van der Waals surface area contributed by atoms with Gasteiger partial charge in [0.2, 0.25) is 5.91 Å². The Morgan fingerprint density at radius 1 is 1.14 bits per heavy atom. The van der Waals surface area contributed by atoms with E-state index in [4.69, 9.17) is 12.2 Å². The number of nitrogens with one attached hydrogen (secondary N) is 1. The molecule has 1 aliphatic rings. The van der Waals surface area contributed by atoms with Crippen LogP contribution < -0.4 is 5.32 Å². The van der Waals surface area contributed by atoms with E-state index in [1.165, 1.54) is 16.7 Å². The number of carbonyl (C=O) groups excluding carboxylic acids is 2. The van der Waals surface area contributed by atoms with Crippen molar-refractivity contribution in [3.05, 3.63) is 81.8 Å². The molecule has 29 heavy (non-hydrogen) atoms. The molecule has 0 bridgehead atoms. The number of thiocarbonyl (C=S) groups is 1. The lowest BCUT2D eigenvalue weighted by atomic mass is 10.1. The Morgan fingerprint density at radius 2 is 1.86 bits per heavy atom. The van der Waals surface area contributed by atoms with Gasteiger partial charge in [-0.15, -0.1) is 0 Å². The summed E-state index contributed by atoms with van der Waals surface area (Å²) in [5, 5.41) is 2.83. The third kappa shape index (κ3) is 5.43. The molecule has 3 rings (SSSR count). The van der Waals surface area contributed by atoms with Crippen LogP contribution in [0.1, 0.15) is 23.6 Å². The molecule has 2 aromatic carbocycles. The molecule has 0 saturated carbocycles. The zero-order chi connectivity index (χ0) is 21.0. The van der Waals surface area contributed by atoms with Gasteiger partial charge in [0.05, 0.1) is 4.91 Å². The number of benzene rings is 2. The van der Waals surface area contributed by atoms with E-state index in [2.05, 4.69) is 5.32 Å². The quantitative estimate of drug-likeness (QED) is 0.539. The van der Waals surface area contributed by atoms with Crippen molar-refractivity contribution in [3.63, 3.8) is 0 Å². The molecular weight excluding hydrogens is 400 g/mol. The lowest BCUT2D eigenvalue weighted by molar-refractivity contribution is -0.126. The molecule has 1 saturated heterocycles. The summed E-state index contributed by atoms with van der Waals surface area (Å²) in [6.07, 6.45) is 3.81. The van der Waals surface area contributed by atoms with Crippen LogP contribution in [-0.2, 0) is 9.59 Å². The van der Waals surface area contributed by atoms with Crippen LogP contribution in [0.2, 0.25) is 0 Å². The van der Waals surface area contributed by atoms with Gasteiger partial charge in [-0.1, -0.05) is 66.5 Å². The molecular formula is C23H22N2O2S2. The number of hydrogen-bond acceptors (Lipinski definition) is 4. The second kappa shape index (κ2) is 9.20. The summed E-state index contributed by atoms with van der Waals surface area (Å²) in [6, 6.07) is 15.6. The van der Waals surface area contributed by atoms with Gasteiger partial charge < -0.3 is 5.32 Å². The van der Waals surface area contributed by atoms with Crippen molar-refractivity contribution in [1.82, 2.24) is 4.90 Å². The van der Waals surface area contributed by atoms with Crippen molar-refractivity contribution >= 4 is 51.9 Å². The monoisotopic (exact) mass is 422 g/mol. The Morgan fingerprint density at radius 3 is 2.55 bits per heavy atom. The highest BCUT2D eigenvalue weighted by Crippen LogP contribution is 2.32. The first-order valence-electron chi connectivity index (χ1n) is 9.19. The van der Waals surface area contributed by atoms with Gasteiger partial charge in [-0.3, -0.25) is 14.5 Å². The number of carbonyl (C=O) groups is 2.